The molecule has 0 N–H and O–H groups in total. The SMILES string of the molecule is Cn1nc(C2CCN(Cc3ccccc3)CC2)c2cccnc21. The minimum absolute atomic E-state index is 0.551. The van der Waals surface area contributed by atoms with Crippen LogP contribution in [0.5, 0.6) is 0 Å². The smallest absolute Gasteiger partial charge is 0.157 e. The van der Waals surface area contributed by atoms with Gasteiger partial charge in [0, 0.05) is 31.1 Å². The van der Waals surface area contributed by atoms with Gasteiger partial charge in [0.05, 0.1) is 5.69 Å². The molecule has 4 heteroatoms. The van der Waals surface area contributed by atoms with Gasteiger partial charge in [0.2, 0.25) is 0 Å². The summed E-state index contributed by atoms with van der Waals surface area (Å²) in [5.74, 6) is 0.551. The first-order chi connectivity index (χ1) is 11.3. The second kappa shape index (κ2) is 6.13. The number of piperidine rings is 1. The zero-order valence-electron chi connectivity index (χ0n) is 13.5. The molecule has 0 bridgehead atoms. The van der Waals surface area contributed by atoms with Gasteiger partial charge in [0.15, 0.2) is 5.65 Å². The average Bonchev–Trinajstić information content (AvgIpc) is 2.94. The van der Waals surface area contributed by atoms with Crippen LogP contribution in [0.2, 0.25) is 0 Å². The van der Waals surface area contributed by atoms with Gasteiger partial charge in [-0.25, -0.2) is 4.98 Å². The lowest BCUT2D eigenvalue weighted by Crippen LogP contribution is -2.32. The third kappa shape index (κ3) is 2.86. The fourth-order valence-electron chi connectivity index (χ4n) is 3.63. The molecular formula is C19H22N4. The third-order valence-corrected chi connectivity index (χ3v) is 4.85. The van der Waals surface area contributed by atoms with E-state index in [4.69, 9.17) is 5.10 Å². The Morgan fingerprint density at radius 2 is 1.83 bits per heavy atom. The molecule has 0 spiro atoms. The number of nitrogens with zero attached hydrogens (tertiary/aromatic N) is 4. The molecule has 0 radical (unpaired) electrons. The molecule has 1 aliphatic heterocycles. The van der Waals surface area contributed by atoms with Crippen LogP contribution < -0.4 is 0 Å². The van der Waals surface area contributed by atoms with E-state index in [9.17, 15) is 0 Å². The van der Waals surface area contributed by atoms with Gasteiger partial charge in [-0.1, -0.05) is 30.3 Å². The van der Waals surface area contributed by atoms with Gasteiger partial charge in [0.1, 0.15) is 0 Å². The molecule has 4 nitrogen and oxygen atoms in total. The number of hydrogen-bond acceptors (Lipinski definition) is 3. The molecule has 3 aromatic rings. The molecule has 0 unspecified atom stereocenters. The third-order valence-electron chi connectivity index (χ3n) is 4.85. The molecular weight excluding hydrogens is 284 g/mol. The minimum atomic E-state index is 0.551. The number of pyridine rings is 1. The number of fused-ring (bicyclic) bond motifs is 1. The Morgan fingerprint density at radius 1 is 1.04 bits per heavy atom. The van der Waals surface area contributed by atoms with E-state index in [1.54, 1.807) is 0 Å². The second-order valence-electron chi connectivity index (χ2n) is 6.42. The maximum atomic E-state index is 4.76. The first-order valence-corrected chi connectivity index (χ1v) is 8.35. The van der Waals surface area contributed by atoms with E-state index in [1.165, 1.54) is 29.5 Å². The molecule has 2 aromatic heterocycles. The summed E-state index contributed by atoms with van der Waals surface area (Å²) in [4.78, 5) is 7.01. The van der Waals surface area contributed by atoms with Crippen molar-refractivity contribution in [1.82, 2.24) is 19.7 Å². The highest BCUT2D eigenvalue weighted by atomic mass is 15.3. The highest BCUT2D eigenvalue weighted by Crippen LogP contribution is 2.31. The van der Waals surface area contributed by atoms with Crippen molar-refractivity contribution in [3.8, 4) is 0 Å². The van der Waals surface area contributed by atoms with Gasteiger partial charge in [-0.3, -0.25) is 9.58 Å². The monoisotopic (exact) mass is 306 g/mol. The zero-order valence-corrected chi connectivity index (χ0v) is 13.5. The lowest BCUT2D eigenvalue weighted by molar-refractivity contribution is 0.203. The van der Waals surface area contributed by atoms with Crippen molar-refractivity contribution in [1.29, 1.82) is 0 Å². The fraction of sp³-hybridized carbons (Fsp3) is 0.368. The molecule has 1 aromatic carbocycles. The van der Waals surface area contributed by atoms with Crippen LogP contribution in [0.3, 0.4) is 0 Å². The second-order valence-corrected chi connectivity index (χ2v) is 6.42. The minimum Gasteiger partial charge on any atom is -0.299 e. The summed E-state index contributed by atoms with van der Waals surface area (Å²) >= 11 is 0. The molecule has 23 heavy (non-hydrogen) atoms. The van der Waals surface area contributed by atoms with Crippen molar-refractivity contribution in [2.45, 2.75) is 25.3 Å². The van der Waals surface area contributed by atoms with E-state index in [2.05, 4.69) is 46.3 Å². The van der Waals surface area contributed by atoms with Crippen molar-refractivity contribution in [3.05, 3.63) is 59.9 Å². The predicted molar refractivity (Wildman–Crippen MR) is 92.2 cm³/mol. The van der Waals surface area contributed by atoms with Crippen LogP contribution in [0.4, 0.5) is 0 Å². The first-order valence-electron chi connectivity index (χ1n) is 8.35. The topological polar surface area (TPSA) is 34.0 Å². The Bertz CT molecular complexity index is 785. The van der Waals surface area contributed by atoms with Crippen molar-refractivity contribution in [2.24, 2.45) is 7.05 Å². The summed E-state index contributed by atoms with van der Waals surface area (Å²) in [5, 5.41) is 5.98. The van der Waals surface area contributed by atoms with Crippen LogP contribution in [-0.4, -0.2) is 32.8 Å². The number of aryl methyl sites for hydroxylation is 1. The normalized spacial score (nSPS) is 16.9. The van der Waals surface area contributed by atoms with Crippen LogP contribution in [0, 0.1) is 0 Å². The van der Waals surface area contributed by atoms with E-state index >= 15 is 0 Å². The standard InChI is InChI=1S/C19H22N4/c1-22-19-17(8-5-11-20-19)18(21-22)16-9-12-23(13-10-16)14-15-6-3-2-4-7-15/h2-8,11,16H,9-10,12-14H2,1H3. The Balaban J connectivity index is 1.47. The van der Waals surface area contributed by atoms with Gasteiger partial charge >= 0.3 is 0 Å². The number of hydrogen-bond donors (Lipinski definition) is 0. The molecule has 1 saturated heterocycles. The van der Waals surface area contributed by atoms with Crippen LogP contribution in [-0.2, 0) is 13.6 Å². The Morgan fingerprint density at radius 3 is 2.61 bits per heavy atom. The van der Waals surface area contributed by atoms with Crippen LogP contribution in [0.25, 0.3) is 11.0 Å². The maximum Gasteiger partial charge on any atom is 0.157 e. The molecule has 118 valence electrons. The fourth-order valence-corrected chi connectivity index (χ4v) is 3.63. The maximum absolute atomic E-state index is 4.76. The van der Waals surface area contributed by atoms with Gasteiger partial charge in [-0.05, 0) is 43.6 Å². The first kappa shape index (κ1) is 14.4. The lowest BCUT2D eigenvalue weighted by atomic mass is 9.92. The molecule has 0 amide bonds. The molecule has 0 atom stereocenters. The molecule has 1 aliphatic rings. The average molecular weight is 306 g/mol. The van der Waals surface area contributed by atoms with Gasteiger partial charge < -0.3 is 0 Å². The van der Waals surface area contributed by atoms with E-state index in [0.29, 0.717) is 5.92 Å². The molecule has 1 fully saturated rings. The van der Waals surface area contributed by atoms with E-state index in [0.717, 1.165) is 25.3 Å². The van der Waals surface area contributed by atoms with Crippen molar-refractivity contribution >= 4 is 11.0 Å². The van der Waals surface area contributed by atoms with Crippen molar-refractivity contribution in [3.63, 3.8) is 0 Å². The number of aromatic nitrogens is 3. The van der Waals surface area contributed by atoms with Crippen LogP contribution >= 0.6 is 0 Å². The lowest BCUT2D eigenvalue weighted by Gasteiger charge is -2.31. The summed E-state index contributed by atoms with van der Waals surface area (Å²) in [6.07, 6.45) is 4.19. The summed E-state index contributed by atoms with van der Waals surface area (Å²) < 4.78 is 1.92. The number of likely N-dealkylation sites (tertiary alicyclic amines) is 1. The van der Waals surface area contributed by atoms with Crippen molar-refractivity contribution in [2.75, 3.05) is 13.1 Å². The van der Waals surface area contributed by atoms with E-state index in [1.807, 2.05) is 24.0 Å². The zero-order chi connectivity index (χ0) is 15.6. The summed E-state index contributed by atoms with van der Waals surface area (Å²) in [7, 11) is 1.99. The highest BCUT2D eigenvalue weighted by molar-refractivity contribution is 5.78. The number of rotatable bonds is 3. The van der Waals surface area contributed by atoms with Gasteiger partial charge in [-0.15, -0.1) is 0 Å². The van der Waals surface area contributed by atoms with Gasteiger partial charge in [0.25, 0.3) is 0 Å². The van der Waals surface area contributed by atoms with Crippen LogP contribution in [0.15, 0.2) is 48.7 Å². The Hall–Kier alpha value is -2.20. The predicted octanol–water partition coefficient (Wildman–Crippen LogP) is 3.35. The Kier molecular flexibility index (Phi) is 3.83. The van der Waals surface area contributed by atoms with E-state index < -0.39 is 0 Å². The molecule has 0 aliphatic carbocycles. The highest BCUT2D eigenvalue weighted by Gasteiger charge is 2.24. The van der Waals surface area contributed by atoms with E-state index in [-0.39, 0.29) is 0 Å². The molecule has 3 heterocycles. The molecule has 0 saturated carbocycles. The Labute approximate surface area is 136 Å². The molecule has 4 rings (SSSR count). The van der Waals surface area contributed by atoms with Crippen LogP contribution in [0.1, 0.15) is 30.0 Å². The quantitative estimate of drug-likeness (QED) is 0.744. The summed E-state index contributed by atoms with van der Waals surface area (Å²) in [6, 6.07) is 14.9. The van der Waals surface area contributed by atoms with Crippen molar-refractivity contribution < 1.29 is 0 Å². The summed E-state index contributed by atoms with van der Waals surface area (Å²) in [5.41, 5.74) is 3.63. The largest absolute Gasteiger partial charge is 0.299 e. The number of benzene rings is 1. The van der Waals surface area contributed by atoms with Gasteiger partial charge in [-0.2, -0.15) is 5.10 Å². The summed E-state index contributed by atoms with van der Waals surface area (Å²) in [6.45, 7) is 3.33.